The van der Waals surface area contributed by atoms with Crippen LogP contribution in [0.5, 0.6) is 0 Å². The fraction of sp³-hybridized carbons (Fsp3) is 0.700. The van der Waals surface area contributed by atoms with Crippen LogP contribution in [0.25, 0.3) is 0 Å². The van der Waals surface area contributed by atoms with E-state index in [9.17, 15) is 4.79 Å². The molecule has 0 aliphatic carbocycles. The number of hydrogen-bond donors (Lipinski definition) is 0. The van der Waals surface area contributed by atoms with Gasteiger partial charge >= 0.3 is 0 Å². The lowest BCUT2D eigenvalue weighted by Gasteiger charge is -2.32. The molecule has 4 nitrogen and oxygen atoms in total. The molecule has 0 saturated carbocycles. The maximum Gasteiger partial charge on any atom is 0.227 e. The van der Waals surface area contributed by atoms with Gasteiger partial charge in [-0.2, -0.15) is 0 Å². The third-order valence-electron chi connectivity index (χ3n) is 5.67. The van der Waals surface area contributed by atoms with Gasteiger partial charge in [-0.05, 0) is 68.7 Å². The van der Waals surface area contributed by atoms with Crippen molar-refractivity contribution in [1.82, 2.24) is 14.8 Å². The molecule has 24 heavy (non-hydrogen) atoms. The van der Waals surface area contributed by atoms with Crippen molar-refractivity contribution in [2.24, 2.45) is 11.8 Å². The summed E-state index contributed by atoms with van der Waals surface area (Å²) in [7, 11) is 0. The number of rotatable bonds is 4. The number of carbonyl (C=O) groups is 1. The first-order valence-corrected chi connectivity index (χ1v) is 9.59. The fourth-order valence-corrected chi connectivity index (χ4v) is 4.00. The molecule has 1 aromatic heterocycles. The molecule has 2 aliphatic rings. The molecule has 2 saturated heterocycles. The summed E-state index contributed by atoms with van der Waals surface area (Å²) in [5.74, 6) is 1.92. The van der Waals surface area contributed by atoms with E-state index in [1.54, 1.807) is 12.4 Å². The Morgan fingerprint density at radius 1 is 1.17 bits per heavy atom. The van der Waals surface area contributed by atoms with Crippen molar-refractivity contribution in [1.29, 1.82) is 0 Å². The fourth-order valence-electron chi connectivity index (χ4n) is 4.00. The highest BCUT2D eigenvalue weighted by Gasteiger charge is 2.24. The van der Waals surface area contributed by atoms with E-state index < -0.39 is 0 Å². The summed E-state index contributed by atoms with van der Waals surface area (Å²) in [6, 6.07) is 3.89. The molecule has 0 bridgehead atoms. The molecule has 3 heterocycles. The van der Waals surface area contributed by atoms with Gasteiger partial charge in [-0.1, -0.05) is 13.0 Å². The molecule has 3 rings (SSSR count). The second-order valence-corrected chi connectivity index (χ2v) is 7.70. The number of hydrogen-bond acceptors (Lipinski definition) is 3. The summed E-state index contributed by atoms with van der Waals surface area (Å²) in [4.78, 5) is 21.4. The van der Waals surface area contributed by atoms with Gasteiger partial charge in [-0.15, -0.1) is 0 Å². The van der Waals surface area contributed by atoms with E-state index in [2.05, 4.69) is 21.7 Å². The number of aromatic nitrogens is 1. The molecule has 0 aromatic carbocycles. The molecule has 1 aromatic rings. The Bertz CT molecular complexity index is 511. The average Bonchev–Trinajstić information content (AvgIpc) is 2.83. The number of amides is 1. The molecule has 4 heteroatoms. The van der Waals surface area contributed by atoms with E-state index in [0.717, 1.165) is 43.3 Å². The van der Waals surface area contributed by atoms with E-state index in [1.165, 1.54) is 38.9 Å². The molecule has 132 valence electrons. The van der Waals surface area contributed by atoms with Gasteiger partial charge in [-0.3, -0.25) is 9.78 Å². The molecule has 0 spiro atoms. The van der Waals surface area contributed by atoms with Gasteiger partial charge in [0.15, 0.2) is 0 Å². The van der Waals surface area contributed by atoms with Gasteiger partial charge in [-0.25, -0.2) is 0 Å². The monoisotopic (exact) mass is 329 g/mol. The molecular weight excluding hydrogens is 298 g/mol. The van der Waals surface area contributed by atoms with Gasteiger partial charge in [0, 0.05) is 32.0 Å². The average molecular weight is 329 g/mol. The van der Waals surface area contributed by atoms with Crippen molar-refractivity contribution in [3.05, 3.63) is 30.1 Å². The van der Waals surface area contributed by atoms with Crippen LogP contribution in [0.2, 0.25) is 0 Å². The predicted octanol–water partition coefficient (Wildman–Crippen LogP) is 2.98. The quantitative estimate of drug-likeness (QED) is 0.852. The summed E-state index contributed by atoms with van der Waals surface area (Å²) in [5, 5.41) is 0. The van der Waals surface area contributed by atoms with E-state index in [-0.39, 0.29) is 5.91 Å². The van der Waals surface area contributed by atoms with E-state index in [1.807, 2.05) is 12.1 Å². The number of carbonyl (C=O) groups excluding carboxylic acids is 1. The van der Waals surface area contributed by atoms with E-state index in [0.29, 0.717) is 6.42 Å². The van der Waals surface area contributed by atoms with Crippen molar-refractivity contribution in [3.63, 3.8) is 0 Å². The highest BCUT2D eigenvalue weighted by molar-refractivity contribution is 5.78. The van der Waals surface area contributed by atoms with Crippen LogP contribution in [0.1, 0.15) is 44.6 Å². The van der Waals surface area contributed by atoms with E-state index >= 15 is 0 Å². The van der Waals surface area contributed by atoms with Gasteiger partial charge < -0.3 is 9.80 Å². The second kappa shape index (κ2) is 8.61. The summed E-state index contributed by atoms with van der Waals surface area (Å²) in [5.41, 5.74) is 1.02. The van der Waals surface area contributed by atoms with Crippen LogP contribution < -0.4 is 0 Å². The Hall–Kier alpha value is -1.42. The van der Waals surface area contributed by atoms with Gasteiger partial charge in [0.1, 0.15) is 0 Å². The minimum absolute atomic E-state index is 0.260. The van der Waals surface area contributed by atoms with Crippen molar-refractivity contribution in [3.8, 4) is 0 Å². The van der Waals surface area contributed by atoms with Crippen LogP contribution in [0.4, 0.5) is 0 Å². The molecule has 1 amide bonds. The zero-order valence-corrected chi connectivity index (χ0v) is 15.0. The molecule has 2 aliphatic heterocycles. The Kier molecular flexibility index (Phi) is 6.24. The topological polar surface area (TPSA) is 36.4 Å². The van der Waals surface area contributed by atoms with Crippen molar-refractivity contribution in [2.45, 2.75) is 45.4 Å². The van der Waals surface area contributed by atoms with Gasteiger partial charge in [0.25, 0.3) is 0 Å². The minimum atomic E-state index is 0.260. The molecule has 1 unspecified atom stereocenters. The first kappa shape index (κ1) is 17.4. The Morgan fingerprint density at radius 2 is 2.00 bits per heavy atom. The Balaban J connectivity index is 1.45. The van der Waals surface area contributed by atoms with Crippen LogP contribution in [0, 0.1) is 11.8 Å². The summed E-state index contributed by atoms with van der Waals surface area (Å²) in [6.45, 7) is 7.98. The van der Waals surface area contributed by atoms with Gasteiger partial charge in [0.2, 0.25) is 5.91 Å². The standard InChI is InChI=1S/C20H31N3O/c1-17-6-11-22(12-7-17)16-18-5-3-10-23(13-8-18)20(24)14-19-4-2-9-21-15-19/h2,4,9,15,17-18H,3,5-8,10-14,16H2,1H3. The molecule has 0 radical (unpaired) electrons. The normalized spacial score (nSPS) is 23.9. The smallest absolute Gasteiger partial charge is 0.227 e. The number of piperidine rings is 1. The lowest BCUT2D eigenvalue weighted by atomic mass is 9.95. The van der Waals surface area contributed by atoms with Crippen molar-refractivity contribution >= 4 is 5.91 Å². The number of likely N-dealkylation sites (tertiary alicyclic amines) is 2. The molecular formula is C20H31N3O. The van der Waals surface area contributed by atoms with E-state index in [4.69, 9.17) is 0 Å². The third-order valence-corrected chi connectivity index (χ3v) is 5.67. The Morgan fingerprint density at radius 3 is 2.75 bits per heavy atom. The summed E-state index contributed by atoms with van der Waals surface area (Å²) in [6.07, 6.45) is 10.3. The third kappa shape index (κ3) is 5.04. The Labute approximate surface area is 146 Å². The summed E-state index contributed by atoms with van der Waals surface area (Å²) < 4.78 is 0. The number of nitrogens with zero attached hydrogens (tertiary/aromatic N) is 3. The maximum atomic E-state index is 12.5. The first-order chi connectivity index (χ1) is 11.7. The number of pyridine rings is 1. The SMILES string of the molecule is CC1CCN(CC2CCCN(C(=O)Cc3cccnc3)CC2)CC1. The molecule has 2 fully saturated rings. The lowest BCUT2D eigenvalue weighted by molar-refractivity contribution is -0.130. The first-order valence-electron chi connectivity index (χ1n) is 9.59. The molecule has 1 atom stereocenters. The second-order valence-electron chi connectivity index (χ2n) is 7.70. The maximum absolute atomic E-state index is 12.5. The lowest BCUT2D eigenvalue weighted by Crippen LogP contribution is -2.37. The predicted molar refractivity (Wildman–Crippen MR) is 96.7 cm³/mol. The molecule has 0 N–H and O–H groups in total. The van der Waals surface area contributed by atoms with Gasteiger partial charge in [0.05, 0.1) is 6.42 Å². The van der Waals surface area contributed by atoms with Crippen molar-refractivity contribution in [2.75, 3.05) is 32.7 Å². The van der Waals surface area contributed by atoms with Crippen LogP contribution in [-0.4, -0.2) is 53.4 Å². The zero-order chi connectivity index (χ0) is 16.8. The zero-order valence-electron chi connectivity index (χ0n) is 15.0. The highest BCUT2D eigenvalue weighted by atomic mass is 16.2. The van der Waals surface area contributed by atoms with Crippen LogP contribution in [0.15, 0.2) is 24.5 Å². The highest BCUT2D eigenvalue weighted by Crippen LogP contribution is 2.22. The summed E-state index contributed by atoms with van der Waals surface area (Å²) >= 11 is 0. The van der Waals surface area contributed by atoms with Crippen LogP contribution in [0.3, 0.4) is 0 Å². The van der Waals surface area contributed by atoms with Crippen molar-refractivity contribution < 1.29 is 4.79 Å². The van der Waals surface area contributed by atoms with Crippen LogP contribution >= 0.6 is 0 Å². The van der Waals surface area contributed by atoms with Crippen LogP contribution in [-0.2, 0) is 11.2 Å². The minimum Gasteiger partial charge on any atom is -0.342 e. The largest absolute Gasteiger partial charge is 0.342 e.